The lowest BCUT2D eigenvalue weighted by Gasteiger charge is -2.41. The molecule has 7 nitrogen and oxygen atoms in total. The molecular formula is C27H29F3N6O. The summed E-state index contributed by atoms with van der Waals surface area (Å²) in [6, 6.07) is 8.67. The van der Waals surface area contributed by atoms with Crippen LogP contribution >= 0.6 is 0 Å². The van der Waals surface area contributed by atoms with Crippen LogP contribution in [0.25, 0.3) is 16.6 Å². The van der Waals surface area contributed by atoms with Crippen molar-refractivity contribution < 1.29 is 13.2 Å². The standard InChI is InChI=1S/C27H29F3N6O/c1-25(8-4-9-25)31-14-18-13-20-21(27(28,29)30)15-36(23(37)22(20)33-18)19-7-3-6-17(12-19)26(10-5-11-26)24-34-32-16-35(24)2/h3,6-7,12-13,15-16,31,33H,4-5,8-11,14H2,1-2H3. The molecule has 0 saturated heterocycles. The third kappa shape index (κ3) is 3.89. The van der Waals surface area contributed by atoms with E-state index in [1.807, 2.05) is 23.7 Å². The van der Waals surface area contributed by atoms with Crippen LogP contribution in [-0.4, -0.2) is 29.9 Å². The van der Waals surface area contributed by atoms with Crippen molar-refractivity contribution in [3.63, 3.8) is 0 Å². The molecule has 0 atom stereocenters. The average molecular weight is 511 g/mol. The molecule has 2 aliphatic rings. The van der Waals surface area contributed by atoms with Gasteiger partial charge in [-0.2, -0.15) is 13.2 Å². The number of fused-ring (bicyclic) bond motifs is 1. The summed E-state index contributed by atoms with van der Waals surface area (Å²) in [4.78, 5) is 16.5. The summed E-state index contributed by atoms with van der Waals surface area (Å²) in [6.45, 7) is 2.48. The monoisotopic (exact) mass is 510 g/mol. The van der Waals surface area contributed by atoms with E-state index in [1.54, 1.807) is 18.5 Å². The number of aryl methyl sites for hydroxylation is 1. The number of nitrogens with one attached hydrogen (secondary N) is 2. The molecule has 3 heterocycles. The third-order valence-corrected chi connectivity index (χ3v) is 8.35. The van der Waals surface area contributed by atoms with E-state index in [-0.39, 0.29) is 21.9 Å². The first-order valence-electron chi connectivity index (χ1n) is 12.6. The van der Waals surface area contributed by atoms with Crippen molar-refractivity contribution in [1.82, 2.24) is 29.6 Å². The fourth-order valence-electron chi connectivity index (χ4n) is 5.82. The summed E-state index contributed by atoms with van der Waals surface area (Å²) >= 11 is 0. The molecule has 37 heavy (non-hydrogen) atoms. The largest absolute Gasteiger partial charge is 0.418 e. The quantitative estimate of drug-likeness (QED) is 0.384. The number of benzene rings is 1. The first-order chi connectivity index (χ1) is 17.6. The van der Waals surface area contributed by atoms with Crippen LogP contribution in [-0.2, 0) is 25.2 Å². The van der Waals surface area contributed by atoms with E-state index in [4.69, 9.17) is 0 Å². The minimum Gasteiger partial charge on any atom is -0.353 e. The first-order valence-corrected chi connectivity index (χ1v) is 12.6. The van der Waals surface area contributed by atoms with Crippen LogP contribution in [0.5, 0.6) is 0 Å². The lowest BCUT2D eigenvalue weighted by molar-refractivity contribution is -0.136. The Morgan fingerprint density at radius 1 is 1.14 bits per heavy atom. The minimum atomic E-state index is -4.62. The molecule has 0 unspecified atom stereocenters. The molecule has 4 aromatic rings. The fraction of sp³-hybridized carbons (Fsp3) is 0.444. The van der Waals surface area contributed by atoms with E-state index in [0.717, 1.165) is 60.7 Å². The van der Waals surface area contributed by atoms with Crippen LogP contribution in [0, 0.1) is 0 Å². The predicted molar refractivity (Wildman–Crippen MR) is 134 cm³/mol. The number of hydrogen-bond donors (Lipinski definition) is 2. The predicted octanol–water partition coefficient (Wildman–Crippen LogP) is 4.97. The van der Waals surface area contributed by atoms with Crippen LogP contribution in [0.15, 0.2) is 47.7 Å². The van der Waals surface area contributed by atoms with Gasteiger partial charge < -0.3 is 14.9 Å². The third-order valence-electron chi connectivity index (χ3n) is 8.35. The van der Waals surface area contributed by atoms with Gasteiger partial charge in [-0.3, -0.25) is 9.36 Å². The molecule has 0 aliphatic heterocycles. The summed E-state index contributed by atoms with van der Waals surface area (Å²) < 4.78 is 45.6. The molecule has 0 spiro atoms. The van der Waals surface area contributed by atoms with Gasteiger partial charge >= 0.3 is 6.18 Å². The Balaban J connectivity index is 1.45. The average Bonchev–Trinajstić information content (AvgIpc) is 3.42. The van der Waals surface area contributed by atoms with Crippen molar-refractivity contribution in [2.24, 2.45) is 7.05 Å². The number of rotatable bonds is 6. The molecule has 0 amide bonds. The van der Waals surface area contributed by atoms with Gasteiger partial charge in [-0.1, -0.05) is 18.6 Å². The zero-order valence-corrected chi connectivity index (χ0v) is 20.8. The zero-order valence-electron chi connectivity index (χ0n) is 20.8. The number of nitrogens with zero attached hydrogens (tertiary/aromatic N) is 4. The summed E-state index contributed by atoms with van der Waals surface area (Å²) in [5.41, 5.74) is 0.0996. The molecule has 194 valence electrons. The summed E-state index contributed by atoms with van der Waals surface area (Å²) in [5.74, 6) is 0.816. The van der Waals surface area contributed by atoms with Gasteiger partial charge in [0.2, 0.25) is 0 Å². The van der Waals surface area contributed by atoms with Crippen molar-refractivity contribution in [3.8, 4) is 5.69 Å². The van der Waals surface area contributed by atoms with Crippen LogP contribution < -0.4 is 10.9 Å². The lowest BCUT2D eigenvalue weighted by atomic mass is 9.63. The van der Waals surface area contributed by atoms with Crippen LogP contribution in [0.2, 0.25) is 0 Å². The number of hydrogen-bond acceptors (Lipinski definition) is 4. The Morgan fingerprint density at radius 2 is 1.89 bits per heavy atom. The number of aromatic nitrogens is 5. The van der Waals surface area contributed by atoms with Gasteiger partial charge in [-0.15, -0.1) is 10.2 Å². The lowest BCUT2D eigenvalue weighted by Crippen LogP contribution is -2.47. The Hall–Kier alpha value is -3.40. The normalized spacial score (nSPS) is 18.5. The smallest absolute Gasteiger partial charge is 0.353 e. The molecule has 0 radical (unpaired) electrons. The van der Waals surface area contributed by atoms with Crippen LogP contribution in [0.3, 0.4) is 0 Å². The summed E-state index contributed by atoms with van der Waals surface area (Å²) in [5, 5.41) is 11.7. The molecule has 3 aromatic heterocycles. The van der Waals surface area contributed by atoms with Crippen molar-refractivity contribution in [2.75, 3.05) is 0 Å². The fourth-order valence-corrected chi connectivity index (χ4v) is 5.82. The van der Waals surface area contributed by atoms with E-state index in [0.29, 0.717) is 17.9 Å². The van der Waals surface area contributed by atoms with Crippen molar-refractivity contribution in [2.45, 2.75) is 69.1 Å². The number of alkyl halides is 3. The van der Waals surface area contributed by atoms with Gasteiger partial charge in [0.25, 0.3) is 5.56 Å². The number of pyridine rings is 1. The minimum absolute atomic E-state index is 0.00893. The van der Waals surface area contributed by atoms with Crippen molar-refractivity contribution in [3.05, 3.63) is 75.9 Å². The molecule has 2 N–H and O–H groups in total. The van der Waals surface area contributed by atoms with Crippen LogP contribution in [0.4, 0.5) is 13.2 Å². The maximum atomic E-state index is 14.2. The molecule has 0 bridgehead atoms. The number of aromatic amines is 1. The van der Waals surface area contributed by atoms with Gasteiger partial charge in [-0.05, 0) is 62.8 Å². The summed E-state index contributed by atoms with van der Waals surface area (Å²) in [7, 11) is 1.89. The van der Waals surface area contributed by atoms with E-state index in [1.165, 1.54) is 6.07 Å². The van der Waals surface area contributed by atoms with E-state index >= 15 is 0 Å². The molecule has 6 rings (SSSR count). The number of halogens is 3. The highest BCUT2D eigenvalue weighted by Gasteiger charge is 2.44. The maximum Gasteiger partial charge on any atom is 0.418 e. The molecular weight excluding hydrogens is 481 g/mol. The SMILES string of the molecule is Cn1cnnc1C1(c2cccc(-n3cc(C(F)(F)F)c4cc(CNC5(C)CCC5)[nH]c4c3=O)c2)CCC1. The Bertz CT molecular complexity index is 1540. The highest BCUT2D eigenvalue weighted by atomic mass is 19.4. The highest BCUT2D eigenvalue weighted by molar-refractivity contribution is 5.84. The number of H-pyrrole nitrogens is 1. The first kappa shape index (κ1) is 24.0. The molecule has 1 aromatic carbocycles. The van der Waals surface area contributed by atoms with Gasteiger partial charge in [0.1, 0.15) is 17.7 Å². The van der Waals surface area contributed by atoms with Gasteiger partial charge in [0.15, 0.2) is 0 Å². The van der Waals surface area contributed by atoms with Gasteiger partial charge in [-0.25, -0.2) is 0 Å². The van der Waals surface area contributed by atoms with Gasteiger partial charge in [0.05, 0.1) is 11.0 Å². The Labute approximate surface area is 211 Å². The topological polar surface area (TPSA) is 80.5 Å². The van der Waals surface area contributed by atoms with E-state index in [9.17, 15) is 18.0 Å². The van der Waals surface area contributed by atoms with Crippen molar-refractivity contribution >= 4 is 10.9 Å². The summed E-state index contributed by atoms with van der Waals surface area (Å²) in [6.07, 6.45) is 3.88. The molecule has 2 fully saturated rings. The van der Waals surface area contributed by atoms with Gasteiger partial charge in [0, 0.05) is 42.1 Å². The van der Waals surface area contributed by atoms with Crippen molar-refractivity contribution in [1.29, 1.82) is 0 Å². The zero-order chi connectivity index (χ0) is 26.0. The second-order valence-corrected chi connectivity index (χ2v) is 10.8. The molecule has 10 heteroatoms. The molecule has 2 aliphatic carbocycles. The second kappa shape index (κ2) is 8.31. The Kier molecular flexibility index (Phi) is 5.38. The van der Waals surface area contributed by atoms with E-state index in [2.05, 4.69) is 27.4 Å². The highest BCUT2D eigenvalue weighted by Crippen LogP contribution is 2.48. The van der Waals surface area contributed by atoms with Crippen LogP contribution in [0.1, 0.15) is 68.1 Å². The second-order valence-electron chi connectivity index (χ2n) is 10.8. The maximum absolute atomic E-state index is 14.2. The van der Waals surface area contributed by atoms with E-state index < -0.39 is 17.3 Å². The molecule has 2 saturated carbocycles. The Morgan fingerprint density at radius 3 is 2.49 bits per heavy atom.